The molecule has 1 saturated heterocycles. The van der Waals surface area contributed by atoms with Gasteiger partial charge in [0, 0.05) is 6.20 Å². The van der Waals surface area contributed by atoms with Gasteiger partial charge in [-0.05, 0) is 6.07 Å². The number of carbonyl (C=O) groups is 1. The molecule has 1 aromatic heterocycles. The molecule has 4 N–H and O–H groups in total. The summed E-state index contributed by atoms with van der Waals surface area (Å²) in [5, 5.41) is 30.2. The Morgan fingerprint density at radius 3 is 2.54 bits per heavy atom. The second kappa shape index (κ2) is 6.84. The normalized spacial score (nSPS) is 27.2. The fourth-order valence-electron chi connectivity index (χ4n) is 2.15. The van der Waals surface area contributed by atoms with Gasteiger partial charge in [-0.1, -0.05) is 0 Å². The number of anilines is 1. The summed E-state index contributed by atoms with van der Waals surface area (Å²) in [6.07, 6.45) is -10.8. The van der Waals surface area contributed by atoms with Crippen LogP contribution in [0.15, 0.2) is 17.1 Å². The molecule has 1 aliphatic rings. The highest BCUT2D eigenvalue weighted by Crippen LogP contribution is 2.28. The number of halogens is 3. The maximum Gasteiger partial charge on any atom is 0.397 e. The number of amides is 1. The predicted octanol–water partition coefficient (Wildman–Crippen LogP) is -1.25. The van der Waals surface area contributed by atoms with E-state index in [-0.39, 0.29) is 0 Å². The lowest BCUT2D eigenvalue weighted by Crippen LogP contribution is -2.36. The molecule has 1 aromatic rings. The highest BCUT2D eigenvalue weighted by Gasteiger charge is 2.43. The third-order valence-electron chi connectivity index (χ3n) is 3.25. The first-order chi connectivity index (χ1) is 11.1. The quantitative estimate of drug-likeness (QED) is 0.531. The van der Waals surface area contributed by atoms with Crippen molar-refractivity contribution in [2.24, 2.45) is 0 Å². The maximum atomic E-state index is 12.1. The standard InChI is InChI=1S/C12H14F3N3O6/c13-12(14,15)3-7(20)16-6-1-2-18(11(23)17-6)10-9(22)8(21)5(4-19)24-10/h1-2,5,8-10,19,21-22H,3-4H2,(H,16,17,20,23)/t5-,8-,9-,10-/m1/s1. The number of ether oxygens (including phenoxy) is 1. The van der Waals surface area contributed by atoms with Crippen molar-refractivity contribution in [3.05, 3.63) is 22.7 Å². The summed E-state index contributed by atoms with van der Waals surface area (Å²) in [7, 11) is 0. The lowest BCUT2D eigenvalue weighted by molar-refractivity contribution is -0.150. The lowest BCUT2D eigenvalue weighted by atomic mass is 10.1. The summed E-state index contributed by atoms with van der Waals surface area (Å²) in [6, 6.07) is 1.03. The molecule has 24 heavy (non-hydrogen) atoms. The van der Waals surface area contributed by atoms with Gasteiger partial charge in [0.1, 0.15) is 30.6 Å². The van der Waals surface area contributed by atoms with Crippen LogP contribution in [0.1, 0.15) is 12.6 Å². The Labute approximate surface area is 132 Å². The Morgan fingerprint density at radius 2 is 2.04 bits per heavy atom. The number of alkyl halides is 3. The molecule has 0 radical (unpaired) electrons. The lowest BCUT2D eigenvalue weighted by Gasteiger charge is -2.17. The molecule has 1 amide bonds. The van der Waals surface area contributed by atoms with E-state index in [1.54, 1.807) is 0 Å². The van der Waals surface area contributed by atoms with E-state index >= 15 is 0 Å². The highest BCUT2D eigenvalue weighted by atomic mass is 19.4. The molecule has 4 atom stereocenters. The smallest absolute Gasteiger partial charge is 0.394 e. The van der Waals surface area contributed by atoms with Crippen molar-refractivity contribution < 1.29 is 38.0 Å². The van der Waals surface area contributed by atoms with Crippen LogP contribution in [0.3, 0.4) is 0 Å². The van der Waals surface area contributed by atoms with Crippen molar-refractivity contribution in [2.75, 3.05) is 11.9 Å². The van der Waals surface area contributed by atoms with Crippen LogP contribution in [-0.4, -0.2) is 61.9 Å². The van der Waals surface area contributed by atoms with Crippen LogP contribution in [0.2, 0.25) is 0 Å². The van der Waals surface area contributed by atoms with E-state index in [9.17, 15) is 33.0 Å². The number of nitrogens with zero attached hydrogens (tertiary/aromatic N) is 2. The SMILES string of the molecule is O=C(CC(F)(F)F)Nc1ccn([C@@H]2O[C@H](CO)[C@@H](O)[C@H]2O)c(=O)n1. The second-order valence-electron chi connectivity index (χ2n) is 5.07. The summed E-state index contributed by atoms with van der Waals surface area (Å²) in [5.74, 6) is -1.79. The maximum absolute atomic E-state index is 12.1. The average Bonchev–Trinajstić information content (AvgIpc) is 2.73. The molecule has 0 aromatic carbocycles. The fourth-order valence-corrected chi connectivity index (χ4v) is 2.15. The number of carbonyl (C=O) groups excluding carboxylic acids is 1. The first-order valence-electron chi connectivity index (χ1n) is 6.70. The van der Waals surface area contributed by atoms with E-state index in [1.807, 2.05) is 5.32 Å². The number of hydrogen-bond donors (Lipinski definition) is 4. The van der Waals surface area contributed by atoms with E-state index in [0.717, 1.165) is 16.8 Å². The van der Waals surface area contributed by atoms with Gasteiger partial charge in [0.05, 0.1) is 6.61 Å². The number of aliphatic hydroxyl groups excluding tert-OH is 3. The van der Waals surface area contributed by atoms with Gasteiger partial charge in [-0.15, -0.1) is 0 Å². The zero-order chi connectivity index (χ0) is 18.1. The van der Waals surface area contributed by atoms with Gasteiger partial charge in [-0.25, -0.2) is 4.79 Å². The third kappa shape index (κ3) is 4.08. The minimum absolute atomic E-state index is 0.405. The Bertz CT molecular complexity index is 664. The van der Waals surface area contributed by atoms with Crippen molar-refractivity contribution >= 4 is 11.7 Å². The zero-order valence-electron chi connectivity index (χ0n) is 12.0. The number of rotatable bonds is 4. The Kier molecular flexibility index (Phi) is 5.22. The second-order valence-corrected chi connectivity index (χ2v) is 5.07. The van der Waals surface area contributed by atoms with Crippen molar-refractivity contribution in [1.29, 1.82) is 0 Å². The Balaban J connectivity index is 2.13. The van der Waals surface area contributed by atoms with Gasteiger partial charge in [0.15, 0.2) is 6.23 Å². The first kappa shape index (κ1) is 18.3. The summed E-state index contributed by atoms with van der Waals surface area (Å²) in [6.45, 7) is -0.595. The molecule has 0 spiro atoms. The number of hydrogen-bond acceptors (Lipinski definition) is 7. The monoisotopic (exact) mass is 353 g/mol. The van der Waals surface area contributed by atoms with Crippen molar-refractivity contribution in [3.63, 3.8) is 0 Å². The number of aromatic nitrogens is 2. The summed E-state index contributed by atoms with van der Waals surface area (Å²) in [5.41, 5.74) is -1.03. The van der Waals surface area contributed by atoms with Crippen molar-refractivity contribution in [1.82, 2.24) is 9.55 Å². The molecular weight excluding hydrogens is 339 g/mol. The predicted molar refractivity (Wildman–Crippen MR) is 70.8 cm³/mol. The molecule has 0 saturated carbocycles. The van der Waals surface area contributed by atoms with Gasteiger partial charge < -0.3 is 25.4 Å². The van der Waals surface area contributed by atoms with Crippen LogP contribution in [0.4, 0.5) is 19.0 Å². The van der Waals surface area contributed by atoms with E-state index in [1.165, 1.54) is 0 Å². The molecule has 134 valence electrons. The van der Waals surface area contributed by atoms with Crippen LogP contribution in [0.5, 0.6) is 0 Å². The number of nitrogens with one attached hydrogen (secondary N) is 1. The first-order valence-corrected chi connectivity index (χ1v) is 6.70. The molecule has 2 rings (SSSR count). The molecule has 9 nitrogen and oxygen atoms in total. The highest BCUT2D eigenvalue weighted by molar-refractivity contribution is 5.90. The third-order valence-corrected chi connectivity index (χ3v) is 3.25. The summed E-state index contributed by atoms with van der Waals surface area (Å²) >= 11 is 0. The molecule has 0 unspecified atom stereocenters. The average molecular weight is 353 g/mol. The summed E-state index contributed by atoms with van der Waals surface area (Å²) < 4.78 is 42.1. The van der Waals surface area contributed by atoms with Crippen LogP contribution < -0.4 is 11.0 Å². The van der Waals surface area contributed by atoms with Crippen molar-refractivity contribution in [3.8, 4) is 0 Å². The zero-order valence-corrected chi connectivity index (χ0v) is 12.0. The Morgan fingerprint density at radius 1 is 1.38 bits per heavy atom. The van der Waals surface area contributed by atoms with E-state index in [2.05, 4.69) is 4.98 Å². The van der Waals surface area contributed by atoms with Crippen molar-refractivity contribution in [2.45, 2.75) is 37.1 Å². The van der Waals surface area contributed by atoms with E-state index < -0.39 is 61.2 Å². The number of aliphatic hydroxyl groups is 3. The largest absolute Gasteiger partial charge is 0.397 e. The molecule has 12 heteroatoms. The van der Waals surface area contributed by atoms with Gasteiger partial charge in [0.25, 0.3) is 0 Å². The summed E-state index contributed by atoms with van der Waals surface area (Å²) in [4.78, 5) is 26.4. The van der Waals surface area contributed by atoms with Gasteiger partial charge >= 0.3 is 11.9 Å². The van der Waals surface area contributed by atoms with Crippen LogP contribution in [0, 0.1) is 0 Å². The van der Waals surface area contributed by atoms with Crippen LogP contribution >= 0.6 is 0 Å². The molecule has 1 aliphatic heterocycles. The molecule has 0 bridgehead atoms. The molecule has 0 aliphatic carbocycles. The minimum atomic E-state index is -4.70. The topological polar surface area (TPSA) is 134 Å². The van der Waals surface area contributed by atoms with Gasteiger partial charge in [0.2, 0.25) is 5.91 Å². The van der Waals surface area contributed by atoms with Gasteiger partial charge in [-0.2, -0.15) is 18.2 Å². The van der Waals surface area contributed by atoms with E-state index in [0.29, 0.717) is 0 Å². The molecule has 2 heterocycles. The molecule has 1 fully saturated rings. The molecular formula is C12H14F3N3O6. The fraction of sp³-hybridized carbons (Fsp3) is 0.583. The van der Waals surface area contributed by atoms with Crippen LogP contribution in [0.25, 0.3) is 0 Å². The van der Waals surface area contributed by atoms with Crippen LogP contribution in [-0.2, 0) is 9.53 Å². The van der Waals surface area contributed by atoms with Gasteiger partial charge in [-0.3, -0.25) is 9.36 Å². The van der Waals surface area contributed by atoms with E-state index in [4.69, 9.17) is 9.84 Å². The minimum Gasteiger partial charge on any atom is -0.394 e. The Hall–Kier alpha value is -2.02.